The normalized spacial score (nSPS) is 14.5. The second-order valence-electron chi connectivity index (χ2n) is 19.4. The number of imidazole rings is 1. The van der Waals surface area contributed by atoms with Crippen molar-refractivity contribution in [2.75, 3.05) is 6.54 Å². The van der Waals surface area contributed by atoms with Crippen LogP contribution in [0.25, 0.3) is 10.9 Å². The summed E-state index contributed by atoms with van der Waals surface area (Å²) in [6, 6.07) is 5.44. The summed E-state index contributed by atoms with van der Waals surface area (Å²) < 4.78 is 0. The number of fused-ring (bicyclic) bond motifs is 1. The van der Waals surface area contributed by atoms with Crippen LogP contribution in [0.15, 0.2) is 73.3 Å². The van der Waals surface area contributed by atoms with Gasteiger partial charge < -0.3 is 68.4 Å². The highest BCUT2D eigenvalue weighted by molar-refractivity contribution is 5.99. The number of hydrogen-bond acceptors (Lipinski definition) is 12. The number of nitrogens with one attached hydrogen (secondary N) is 10. The van der Waals surface area contributed by atoms with E-state index >= 15 is 0 Å². The van der Waals surface area contributed by atoms with E-state index in [0.29, 0.717) is 22.2 Å². The first-order valence-corrected chi connectivity index (χ1v) is 24.6. The minimum Gasteiger partial charge on any atom is -0.481 e. The molecule has 0 unspecified atom stereocenters. The molecule has 0 saturated heterocycles. The topological polar surface area (TPSA) is 378 Å². The SMILES string of the molecule is CC(C)C[C@H](NC(=O)[C@H](Cc1c[nH]c2ccccc12)NC(=O)[C@H](CC(=O)O)NC(=O)[C@@H](NC(=O)[C@@H](N)Cc1ccccc1)C(C)C)C(=O)N[C@@H](C)C(=O)N[C@H](C(=O)NCC(=O)N[C@@H](Cc1cnc[nH]1)C(=O)O)C(C)C. The molecule has 0 fully saturated rings. The molecule has 14 N–H and O–H groups in total. The van der Waals surface area contributed by atoms with Crippen molar-refractivity contribution in [2.45, 2.75) is 129 Å². The van der Waals surface area contributed by atoms with Gasteiger partial charge in [-0.15, -0.1) is 0 Å². The summed E-state index contributed by atoms with van der Waals surface area (Å²) in [4.78, 5) is 143. The lowest BCUT2D eigenvalue weighted by Gasteiger charge is -2.28. The zero-order valence-corrected chi connectivity index (χ0v) is 43.0. The van der Waals surface area contributed by atoms with Crippen LogP contribution < -0.4 is 48.3 Å². The van der Waals surface area contributed by atoms with Crippen molar-refractivity contribution in [1.82, 2.24) is 57.5 Å². The van der Waals surface area contributed by atoms with E-state index < -0.39 is 132 Å². The van der Waals surface area contributed by atoms with Crippen LogP contribution in [-0.4, -0.2) is 139 Å². The van der Waals surface area contributed by atoms with Gasteiger partial charge in [0.15, 0.2) is 0 Å². The van der Waals surface area contributed by atoms with Gasteiger partial charge in [-0.25, -0.2) is 9.78 Å². The molecular weight excluding hydrogens is 973 g/mol. The number of rotatable bonds is 29. The van der Waals surface area contributed by atoms with E-state index in [2.05, 4.69) is 57.5 Å². The number of aromatic nitrogens is 3. The highest BCUT2D eigenvalue weighted by Gasteiger charge is 2.36. The third kappa shape index (κ3) is 18.7. The number of amides is 8. The number of carbonyl (C=O) groups excluding carboxylic acids is 8. The third-order valence-electron chi connectivity index (χ3n) is 12.0. The van der Waals surface area contributed by atoms with Crippen molar-refractivity contribution in [1.29, 1.82) is 0 Å². The van der Waals surface area contributed by atoms with Crippen molar-refractivity contribution >= 4 is 70.1 Å². The van der Waals surface area contributed by atoms with Gasteiger partial charge in [0, 0.05) is 41.8 Å². The number of aliphatic carboxylic acids is 2. The fourth-order valence-corrected chi connectivity index (χ4v) is 7.91. The van der Waals surface area contributed by atoms with E-state index in [1.807, 2.05) is 6.07 Å². The van der Waals surface area contributed by atoms with Crippen molar-refractivity contribution in [3.8, 4) is 0 Å². The lowest BCUT2D eigenvalue weighted by atomic mass is 9.99. The summed E-state index contributed by atoms with van der Waals surface area (Å²) in [6.07, 6.45) is 3.40. The second-order valence-corrected chi connectivity index (χ2v) is 19.4. The zero-order chi connectivity index (χ0) is 55.5. The first-order valence-electron chi connectivity index (χ1n) is 24.6. The first kappa shape index (κ1) is 59.4. The van der Waals surface area contributed by atoms with Crippen LogP contribution in [0.5, 0.6) is 0 Å². The summed E-state index contributed by atoms with van der Waals surface area (Å²) in [6.45, 7) is 10.8. The molecule has 406 valence electrons. The molecule has 75 heavy (non-hydrogen) atoms. The molecule has 8 atom stereocenters. The molecule has 0 saturated carbocycles. The standard InChI is InChI=1S/C51H70N12O12/c1-26(2)17-36(46(69)57-29(7)44(67)62-42(27(3)4)49(72)55-24-40(64)58-39(51(74)75)20-32-23-53-25-56-32)59-47(70)37(19-31-22-54-35-16-12-11-15-33(31)35)60-48(71)38(21-41(65)66)61-50(73)43(28(5)6)63-45(68)34(52)18-30-13-9-8-10-14-30/h8-16,22-23,25-29,34,36-39,42-43,54H,17-21,24,52H2,1-7H3,(H,53,56)(H,55,72)(H,57,69)(H,58,64)(H,59,70)(H,60,71)(H,61,73)(H,62,67)(H,63,68)(H,65,66)(H,74,75)/t29-,34-,36-,37-,38-,39-,42-,43-/m0/s1. The summed E-state index contributed by atoms with van der Waals surface area (Å²) in [7, 11) is 0. The Hall–Kier alpha value is -8.15. The predicted molar refractivity (Wildman–Crippen MR) is 274 cm³/mol. The zero-order valence-electron chi connectivity index (χ0n) is 43.0. The quantitative estimate of drug-likeness (QED) is 0.0332. The van der Waals surface area contributed by atoms with Gasteiger partial charge in [0.1, 0.15) is 42.3 Å². The summed E-state index contributed by atoms with van der Waals surface area (Å²) in [5.41, 5.74) is 8.69. The van der Waals surface area contributed by atoms with E-state index in [0.717, 1.165) is 5.56 Å². The van der Waals surface area contributed by atoms with Gasteiger partial charge in [-0.2, -0.15) is 0 Å². The Morgan fingerprint density at radius 1 is 0.587 bits per heavy atom. The van der Waals surface area contributed by atoms with E-state index in [4.69, 9.17) is 5.73 Å². The molecule has 0 bridgehead atoms. The molecule has 0 radical (unpaired) electrons. The number of hydrogen-bond donors (Lipinski definition) is 13. The van der Waals surface area contributed by atoms with Crippen molar-refractivity contribution in [3.05, 3.63) is 90.1 Å². The highest BCUT2D eigenvalue weighted by atomic mass is 16.4. The molecule has 2 aromatic heterocycles. The molecule has 0 aliphatic heterocycles. The molecule has 4 rings (SSSR count). The van der Waals surface area contributed by atoms with Crippen LogP contribution in [0.2, 0.25) is 0 Å². The van der Waals surface area contributed by atoms with Gasteiger partial charge >= 0.3 is 11.9 Å². The Labute approximate surface area is 433 Å². The predicted octanol–water partition coefficient (Wildman–Crippen LogP) is -0.307. The fourth-order valence-electron chi connectivity index (χ4n) is 7.91. The Bertz CT molecular complexity index is 2620. The molecule has 8 amide bonds. The number of carboxylic acid groups (broad SMARTS) is 2. The average molecular weight is 1040 g/mol. The lowest BCUT2D eigenvalue weighted by molar-refractivity contribution is -0.142. The number of nitrogens with two attached hydrogens (primary N) is 1. The maximum Gasteiger partial charge on any atom is 0.326 e. The van der Waals surface area contributed by atoms with Crippen LogP contribution in [0.1, 0.15) is 78.1 Å². The van der Waals surface area contributed by atoms with E-state index in [1.54, 1.807) is 96.3 Å². The summed E-state index contributed by atoms with van der Waals surface area (Å²) in [5, 5.41) is 40.4. The first-order chi connectivity index (χ1) is 35.4. The number of carboxylic acids is 2. The third-order valence-corrected chi connectivity index (χ3v) is 12.0. The van der Waals surface area contributed by atoms with Crippen molar-refractivity contribution in [2.24, 2.45) is 23.5 Å². The van der Waals surface area contributed by atoms with Gasteiger partial charge in [-0.05, 0) is 54.7 Å². The summed E-state index contributed by atoms with van der Waals surface area (Å²) >= 11 is 0. The number of benzene rings is 2. The largest absolute Gasteiger partial charge is 0.481 e. The Morgan fingerprint density at radius 3 is 1.79 bits per heavy atom. The van der Waals surface area contributed by atoms with Gasteiger partial charge in [0.05, 0.1) is 25.3 Å². The molecule has 2 aromatic carbocycles. The van der Waals surface area contributed by atoms with Crippen molar-refractivity contribution in [3.63, 3.8) is 0 Å². The number of carbonyl (C=O) groups is 10. The number of aromatic amines is 2. The maximum atomic E-state index is 14.4. The monoisotopic (exact) mass is 1040 g/mol. The molecule has 2 heterocycles. The van der Waals surface area contributed by atoms with E-state index in [1.165, 1.54) is 19.4 Å². The molecular formula is C51H70N12O12. The smallest absolute Gasteiger partial charge is 0.326 e. The highest BCUT2D eigenvalue weighted by Crippen LogP contribution is 2.20. The Morgan fingerprint density at radius 2 is 1.17 bits per heavy atom. The van der Waals surface area contributed by atoms with Crippen LogP contribution >= 0.6 is 0 Å². The molecule has 4 aromatic rings. The second kappa shape index (κ2) is 28.3. The lowest BCUT2D eigenvalue weighted by Crippen LogP contribution is -2.61. The van der Waals surface area contributed by atoms with Gasteiger partial charge in [0.2, 0.25) is 47.3 Å². The average Bonchev–Trinajstić information content (AvgIpc) is 4.02. The molecule has 0 aliphatic carbocycles. The van der Waals surface area contributed by atoms with Crippen LogP contribution in [0.3, 0.4) is 0 Å². The number of para-hydroxylation sites is 1. The van der Waals surface area contributed by atoms with Crippen molar-refractivity contribution < 1.29 is 58.2 Å². The van der Waals surface area contributed by atoms with Gasteiger partial charge in [-0.3, -0.25) is 43.2 Å². The maximum absolute atomic E-state index is 14.4. The minimum atomic E-state index is -1.75. The van der Waals surface area contributed by atoms with Gasteiger partial charge in [0.25, 0.3) is 0 Å². The van der Waals surface area contributed by atoms with E-state index in [9.17, 15) is 58.2 Å². The van der Waals surface area contributed by atoms with E-state index in [-0.39, 0.29) is 31.6 Å². The van der Waals surface area contributed by atoms with Crippen LogP contribution in [-0.2, 0) is 67.2 Å². The van der Waals surface area contributed by atoms with Gasteiger partial charge in [-0.1, -0.05) is 90.1 Å². The molecule has 0 aliphatic rings. The minimum absolute atomic E-state index is 0.0401. The Balaban J connectivity index is 1.48. The Kier molecular flexibility index (Phi) is 22.5. The molecule has 24 nitrogen and oxygen atoms in total. The number of nitrogens with zero attached hydrogens (tertiary/aromatic N) is 1. The molecule has 24 heteroatoms. The molecule has 0 spiro atoms. The number of H-pyrrole nitrogens is 2. The fraction of sp³-hybridized carbons (Fsp3) is 0.471. The summed E-state index contributed by atoms with van der Waals surface area (Å²) in [5.74, 6) is -10.7. The van der Waals surface area contributed by atoms with Crippen LogP contribution in [0, 0.1) is 17.8 Å². The van der Waals surface area contributed by atoms with Crippen LogP contribution in [0.4, 0.5) is 0 Å².